The molecule has 0 heterocycles. The van der Waals surface area contributed by atoms with Crippen LogP contribution in [-0.4, -0.2) is 0 Å². The lowest BCUT2D eigenvalue weighted by Crippen LogP contribution is -1.78. The molecule has 0 rings (SSSR count). The molecule has 28 valence electrons. The molecule has 0 bridgehead atoms. The molecule has 0 amide bonds. The maximum Gasteiger partial charge on any atom is 0.136 e. The number of nitriles is 2. The Morgan fingerprint density at radius 1 is 1.33 bits per heavy atom. The molecule has 0 aromatic rings. The molecule has 0 unspecified atom stereocenters. The normalized spacial score (nSPS) is 6.67. The van der Waals surface area contributed by atoms with Gasteiger partial charge in [-0.2, -0.15) is 10.5 Å². The standard InChI is InChI=1S/C4H2N2/c1-4(2-5)3-6/h1,4H. The Hall–Kier alpha value is -1.02. The lowest BCUT2D eigenvalue weighted by Gasteiger charge is -1.71. The average molecular weight is 78.1 g/mol. The average Bonchev–Trinajstić information content (AvgIpc) is 1.65. The quantitative estimate of drug-likeness (QED) is 0.420. The number of nitrogens with zero attached hydrogens (tertiary/aromatic N) is 2. The Morgan fingerprint density at radius 3 is 1.67 bits per heavy atom. The van der Waals surface area contributed by atoms with E-state index in [2.05, 4.69) is 0 Å². The molecule has 0 aliphatic carbocycles. The highest BCUT2D eigenvalue weighted by Gasteiger charge is 1.89. The van der Waals surface area contributed by atoms with E-state index in [0.29, 0.717) is 0 Å². The van der Waals surface area contributed by atoms with E-state index in [4.69, 9.17) is 17.4 Å². The van der Waals surface area contributed by atoms with Crippen molar-refractivity contribution in [3.05, 3.63) is 6.92 Å². The van der Waals surface area contributed by atoms with Crippen LogP contribution in [0.15, 0.2) is 0 Å². The van der Waals surface area contributed by atoms with E-state index < -0.39 is 5.92 Å². The van der Waals surface area contributed by atoms with E-state index in [1.54, 1.807) is 0 Å². The highest BCUT2D eigenvalue weighted by atomic mass is 14.3. The van der Waals surface area contributed by atoms with Gasteiger partial charge in [0.25, 0.3) is 0 Å². The molecule has 0 aromatic heterocycles. The Kier molecular flexibility index (Phi) is 1.85. The Morgan fingerprint density at radius 2 is 1.67 bits per heavy atom. The topological polar surface area (TPSA) is 47.6 Å². The molecule has 2 heteroatoms. The summed E-state index contributed by atoms with van der Waals surface area (Å²) in [6, 6.07) is 3.06. The van der Waals surface area contributed by atoms with Crippen molar-refractivity contribution in [3.63, 3.8) is 0 Å². The summed E-state index contributed by atoms with van der Waals surface area (Å²) in [5, 5.41) is 15.5. The predicted octanol–water partition coefficient (Wildman–Crippen LogP) is 0.361. The van der Waals surface area contributed by atoms with Crippen LogP contribution in [0.25, 0.3) is 0 Å². The minimum Gasteiger partial charge on any atom is -0.197 e. The highest BCUT2D eigenvalue weighted by molar-refractivity contribution is 5.00. The highest BCUT2D eigenvalue weighted by Crippen LogP contribution is 1.81. The molecule has 0 atom stereocenters. The number of rotatable bonds is 0. The van der Waals surface area contributed by atoms with Gasteiger partial charge in [0.05, 0.1) is 12.1 Å². The summed E-state index contributed by atoms with van der Waals surface area (Å²) in [6.07, 6.45) is 0. The monoisotopic (exact) mass is 78.0 g/mol. The molecule has 2 radical (unpaired) electrons. The minimum atomic E-state index is -0.954. The van der Waals surface area contributed by atoms with Crippen molar-refractivity contribution in [1.29, 1.82) is 10.5 Å². The maximum atomic E-state index is 7.74. The van der Waals surface area contributed by atoms with Crippen LogP contribution < -0.4 is 0 Å². The van der Waals surface area contributed by atoms with Crippen molar-refractivity contribution in [3.8, 4) is 12.1 Å². The third kappa shape index (κ3) is 1.32. The van der Waals surface area contributed by atoms with Crippen LogP contribution in [0.4, 0.5) is 0 Å². The smallest absolute Gasteiger partial charge is 0.136 e. The summed E-state index contributed by atoms with van der Waals surface area (Å²) in [5.74, 6) is -0.954. The largest absolute Gasteiger partial charge is 0.197 e. The second-order valence-corrected chi connectivity index (χ2v) is 0.736. The summed E-state index contributed by atoms with van der Waals surface area (Å²) in [7, 11) is 0. The number of hydrogen-bond acceptors (Lipinski definition) is 2. The number of hydrogen-bond donors (Lipinski definition) is 0. The van der Waals surface area contributed by atoms with E-state index in [1.165, 1.54) is 12.1 Å². The predicted molar refractivity (Wildman–Crippen MR) is 19.0 cm³/mol. The van der Waals surface area contributed by atoms with Gasteiger partial charge in [-0.3, -0.25) is 0 Å². The molecule has 0 aromatic carbocycles. The maximum absolute atomic E-state index is 7.74. The van der Waals surface area contributed by atoms with Crippen molar-refractivity contribution < 1.29 is 0 Å². The summed E-state index contributed by atoms with van der Waals surface area (Å²) in [5.41, 5.74) is 0. The second kappa shape index (κ2) is 2.23. The van der Waals surface area contributed by atoms with Crippen molar-refractivity contribution in [2.24, 2.45) is 5.92 Å². The molecule has 0 aliphatic rings. The van der Waals surface area contributed by atoms with Gasteiger partial charge in [-0.15, -0.1) is 0 Å². The van der Waals surface area contributed by atoms with Gasteiger partial charge in [0.15, 0.2) is 0 Å². The van der Waals surface area contributed by atoms with Gasteiger partial charge in [0.1, 0.15) is 5.92 Å². The fourth-order valence-corrected chi connectivity index (χ4v) is 0.0289. The van der Waals surface area contributed by atoms with Gasteiger partial charge in [0, 0.05) is 0 Å². The Balaban J connectivity index is 3.40. The minimum absolute atomic E-state index is 0.954. The molecule has 0 saturated carbocycles. The summed E-state index contributed by atoms with van der Waals surface area (Å²) < 4.78 is 0. The van der Waals surface area contributed by atoms with Crippen LogP contribution in [0, 0.1) is 35.5 Å². The molecule has 2 nitrogen and oxygen atoms in total. The van der Waals surface area contributed by atoms with E-state index in [0.717, 1.165) is 0 Å². The van der Waals surface area contributed by atoms with Gasteiger partial charge in [0.2, 0.25) is 0 Å². The van der Waals surface area contributed by atoms with E-state index in [1.807, 2.05) is 0 Å². The van der Waals surface area contributed by atoms with E-state index in [9.17, 15) is 0 Å². The SMILES string of the molecule is [CH]C(C#N)C#N. The van der Waals surface area contributed by atoms with Crippen LogP contribution in [0.1, 0.15) is 0 Å². The van der Waals surface area contributed by atoms with Crippen molar-refractivity contribution in [2.45, 2.75) is 0 Å². The van der Waals surface area contributed by atoms with Crippen LogP contribution in [0.3, 0.4) is 0 Å². The summed E-state index contributed by atoms with van der Waals surface area (Å²) in [4.78, 5) is 0. The molecular formula is C4H2N2. The molecule has 6 heavy (non-hydrogen) atoms. The zero-order valence-corrected chi connectivity index (χ0v) is 3.05. The molecule has 0 aliphatic heterocycles. The lowest BCUT2D eigenvalue weighted by atomic mass is 10.2. The third-order valence-electron chi connectivity index (χ3n) is 0.278. The van der Waals surface area contributed by atoms with E-state index in [-0.39, 0.29) is 0 Å². The summed E-state index contributed by atoms with van der Waals surface area (Å²) in [6.45, 7) is 4.75. The zero-order valence-electron chi connectivity index (χ0n) is 3.05. The van der Waals surface area contributed by atoms with Crippen LogP contribution in [-0.2, 0) is 0 Å². The lowest BCUT2D eigenvalue weighted by molar-refractivity contribution is 1.09. The van der Waals surface area contributed by atoms with Crippen molar-refractivity contribution >= 4 is 0 Å². The molecule has 0 N–H and O–H groups in total. The van der Waals surface area contributed by atoms with Crippen LogP contribution in [0.5, 0.6) is 0 Å². The van der Waals surface area contributed by atoms with E-state index >= 15 is 0 Å². The first-order chi connectivity index (χ1) is 2.81. The van der Waals surface area contributed by atoms with Gasteiger partial charge < -0.3 is 0 Å². The fraction of sp³-hybridized carbons (Fsp3) is 0.250. The molecular weight excluding hydrogens is 76.1 g/mol. The van der Waals surface area contributed by atoms with Gasteiger partial charge in [-0.1, -0.05) is 0 Å². The van der Waals surface area contributed by atoms with Crippen LogP contribution >= 0.6 is 0 Å². The van der Waals surface area contributed by atoms with Gasteiger partial charge in [-0.05, 0) is 6.92 Å². The first-order valence-electron chi connectivity index (χ1n) is 1.36. The molecule has 0 spiro atoms. The van der Waals surface area contributed by atoms with Gasteiger partial charge >= 0.3 is 0 Å². The Labute approximate surface area is 36.6 Å². The first-order valence-corrected chi connectivity index (χ1v) is 1.36. The second-order valence-electron chi connectivity index (χ2n) is 0.736. The van der Waals surface area contributed by atoms with Crippen molar-refractivity contribution in [2.75, 3.05) is 0 Å². The fourth-order valence-electron chi connectivity index (χ4n) is 0.0289. The third-order valence-corrected chi connectivity index (χ3v) is 0.278. The van der Waals surface area contributed by atoms with Crippen LogP contribution in [0.2, 0.25) is 0 Å². The van der Waals surface area contributed by atoms with Crippen molar-refractivity contribution in [1.82, 2.24) is 0 Å². The Bertz CT molecular complexity index is 89.7. The molecule has 0 fully saturated rings. The first kappa shape index (κ1) is 4.98. The van der Waals surface area contributed by atoms with Gasteiger partial charge in [-0.25, -0.2) is 0 Å². The summed E-state index contributed by atoms with van der Waals surface area (Å²) >= 11 is 0. The molecule has 0 saturated heterocycles. The zero-order chi connectivity index (χ0) is 4.99.